The molecule has 160 valence electrons. The van der Waals surface area contributed by atoms with Crippen molar-refractivity contribution in [2.75, 3.05) is 26.4 Å². The maximum Gasteiger partial charge on any atom is 0.325 e. The molecule has 0 fully saturated rings. The van der Waals surface area contributed by atoms with Crippen molar-refractivity contribution < 1.29 is 33.4 Å². The van der Waals surface area contributed by atoms with Gasteiger partial charge in [-0.25, -0.2) is 0 Å². The van der Waals surface area contributed by atoms with Crippen LogP contribution in [0.4, 0.5) is 0 Å². The van der Waals surface area contributed by atoms with Crippen LogP contribution in [0.25, 0.3) is 0 Å². The molecule has 1 aromatic carbocycles. The number of ether oxygens (including phenoxy) is 3. The molecular weight excluding hydrogens is 378 g/mol. The molecule has 0 bridgehead atoms. The molecular formula is C21H29NO7. The Hall–Kier alpha value is -2.74. The highest BCUT2D eigenvalue weighted by atomic mass is 16.5. The minimum Gasteiger partial charge on any atom is -0.466 e. The predicted octanol–water partition coefficient (Wildman–Crippen LogP) is 1.95. The summed E-state index contributed by atoms with van der Waals surface area (Å²) in [5.74, 6) is -1.20. The Bertz CT molecular complexity index is 619. The lowest BCUT2D eigenvalue weighted by Crippen LogP contribution is -2.30. The molecule has 0 radical (unpaired) electrons. The summed E-state index contributed by atoms with van der Waals surface area (Å²) in [6.07, 6.45) is 2.92. The largest absolute Gasteiger partial charge is 0.466 e. The molecule has 0 aliphatic carbocycles. The summed E-state index contributed by atoms with van der Waals surface area (Å²) in [6.45, 7) is 1.03. The second kappa shape index (κ2) is 16.2. The van der Waals surface area contributed by atoms with E-state index >= 15 is 0 Å². The molecule has 1 amide bonds. The fourth-order valence-electron chi connectivity index (χ4n) is 2.24. The standard InChI is InChI=1S/C21H29NO7/c23-12-4-5-14-28-20(25)11-7-15-29-21(26)16-22-19(24)10-6-13-27-17-18-8-2-1-3-9-18/h1-3,8-9,12H,4-7,10-11,13-17H2,(H,22,24). The van der Waals surface area contributed by atoms with Crippen molar-refractivity contribution in [2.45, 2.75) is 45.1 Å². The number of aldehydes is 1. The van der Waals surface area contributed by atoms with E-state index in [2.05, 4.69) is 5.32 Å². The molecule has 0 unspecified atom stereocenters. The van der Waals surface area contributed by atoms with Crippen molar-refractivity contribution in [1.82, 2.24) is 5.32 Å². The topological polar surface area (TPSA) is 108 Å². The van der Waals surface area contributed by atoms with Crippen LogP contribution < -0.4 is 5.32 Å². The zero-order chi connectivity index (χ0) is 21.2. The van der Waals surface area contributed by atoms with Gasteiger partial charge in [0.2, 0.25) is 5.91 Å². The molecule has 0 saturated carbocycles. The fraction of sp³-hybridized carbons (Fsp3) is 0.524. The van der Waals surface area contributed by atoms with Gasteiger partial charge >= 0.3 is 11.9 Å². The smallest absolute Gasteiger partial charge is 0.325 e. The van der Waals surface area contributed by atoms with Crippen LogP contribution in [-0.4, -0.2) is 50.5 Å². The van der Waals surface area contributed by atoms with Gasteiger partial charge in [0.1, 0.15) is 12.8 Å². The second-order valence-corrected chi connectivity index (χ2v) is 6.27. The van der Waals surface area contributed by atoms with Crippen LogP contribution in [-0.2, 0) is 40.0 Å². The van der Waals surface area contributed by atoms with Crippen molar-refractivity contribution in [2.24, 2.45) is 0 Å². The first kappa shape index (κ1) is 24.3. The van der Waals surface area contributed by atoms with Gasteiger partial charge in [0, 0.05) is 25.9 Å². The maximum atomic E-state index is 11.7. The van der Waals surface area contributed by atoms with Crippen molar-refractivity contribution in [3.63, 3.8) is 0 Å². The number of esters is 2. The number of unbranched alkanes of at least 4 members (excludes halogenated alkanes) is 1. The van der Waals surface area contributed by atoms with Crippen LogP contribution in [0.3, 0.4) is 0 Å². The van der Waals surface area contributed by atoms with Crippen LogP contribution in [0.5, 0.6) is 0 Å². The van der Waals surface area contributed by atoms with Crippen molar-refractivity contribution in [1.29, 1.82) is 0 Å². The average Bonchev–Trinajstić information content (AvgIpc) is 2.73. The zero-order valence-electron chi connectivity index (χ0n) is 16.6. The van der Waals surface area contributed by atoms with Crippen LogP contribution in [0.1, 0.15) is 44.1 Å². The molecule has 8 heteroatoms. The second-order valence-electron chi connectivity index (χ2n) is 6.27. The summed E-state index contributed by atoms with van der Waals surface area (Å²) < 4.78 is 15.3. The molecule has 0 aliphatic rings. The number of rotatable bonds is 16. The van der Waals surface area contributed by atoms with Gasteiger partial charge in [0.25, 0.3) is 0 Å². The van der Waals surface area contributed by atoms with Crippen molar-refractivity contribution >= 4 is 24.1 Å². The van der Waals surface area contributed by atoms with Gasteiger partial charge in [-0.1, -0.05) is 30.3 Å². The van der Waals surface area contributed by atoms with E-state index in [4.69, 9.17) is 14.2 Å². The molecule has 8 nitrogen and oxygen atoms in total. The first-order chi connectivity index (χ1) is 14.1. The summed E-state index contributed by atoms with van der Waals surface area (Å²) in [5.41, 5.74) is 1.07. The highest BCUT2D eigenvalue weighted by Crippen LogP contribution is 2.01. The number of carbonyl (C=O) groups is 4. The Balaban J connectivity index is 1.94. The highest BCUT2D eigenvalue weighted by molar-refractivity contribution is 5.81. The minimum atomic E-state index is -0.557. The fourth-order valence-corrected chi connectivity index (χ4v) is 2.24. The van der Waals surface area contributed by atoms with Crippen molar-refractivity contribution in [3.8, 4) is 0 Å². The van der Waals surface area contributed by atoms with E-state index in [0.29, 0.717) is 38.9 Å². The highest BCUT2D eigenvalue weighted by Gasteiger charge is 2.08. The number of hydrogen-bond acceptors (Lipinski definition) is 7. The minimum absolute atomic E-state index is 0.0749. The quantitative estimate of drug-likeness (QED) is 0.253. The number of benzene rings is 1. The lowest BCUT2D eigenvalue weighted by Gasteiger charge is -2.07. The van der Waals surface area contributed by atoms with E-state index in [0.717, 1.165) is 11.8 Å². The average molecular weight is 407 g/mol. The number of nitrogens with one attached hydrogen (secondary N) is 1. The number of amides is 1. The summed E-state index contributed by atoms with van der Waals surface area (Å²) >= 11 is 0. The zero-order valence-corrected chi connectivity index (χ0v) is 16.6. The molecule has 1 rings (SSSR count). The summed E-state index contributed by atoms with van der Waals surface area (Å²) in [5, 5.41) is 2.49. The van der Waals surface area contributed by atoms with E-state index < -0.39 is 11.9 Å². The molecule has 0 heterocycles. The Labute approximate surface area is 170 Å². The van der Waals surface area contributed by atoms with E-state index in [-0.39, 0.29) is 38.5 Å². The lowest BCUT2D eigenvalue weighted by atomic mass is 10.2. The van der Waals surface area contributed by atoms with Gasteiger partial charge in [-0.15, -0.1) is 0 Å². The Morgan fingerprint density at radius 1 is 0.862 bits per heavy atom. The van der Waals surface area contributed by atoms with Gasteiger partial charge in [-0.2, -0.15) is 0 Å². The first-order valence-corrected chi connectivity index (χ1v) is 9.75. The third-order valence-electron chi connectivity index (χ3n) is 3.75. The van der Waals surface area contributed by atoms with E-state index in [1.165, 1.54) is 0 Å². The number of hydrogen-bond donors (Lipinski definition) is 1. The van der Waals surface area contributed by atoms with Crippen molar-refractivity contribution in [3.05, 3.63) is 35.9 Å². The molecule has 0 aromatic heterocycles. The molecule has 0 aliphatic heterocycles. The SMILES string of the molecule is O=CCCCOC(=O)CCCOC(=O)CNC(=O)CCCOCc1ccccc1. The molecule has 0 spiro atoms. The summed E-state index contributed by atoms with van der Waals surface area (Å²) in [4.78, 5) is 44.7. The lowest BCUT2D eigenvalue weighted by molar-refractivity contribution is -0.147. The Morgan fingerprint density at radius 3 is 2.31 bits per heavy atom. The first-order valence-electron chi connectivity index (χ1n) is 9.75. The third kappa shape index (κ3) is 14.0. The van der Waals surface area contributed by atoms with E-state index in [9.17, 15) is 19.2 Å². The molecule has 29 heavy (non-hydrogen) atoms. The maximum absolute atomic E-state index is 11.7. The van der Waals surface area contributed by atoms with Crippen LogP contribution in [0, 0.1) is 0 Å². The van der Waals surface area contributed by atoms with E-state index in [1.54, 1.807) is 0 Å². The van der Waals surface area contributed by atoms with Gasteiger partial charge < -0.3 is 24.3 Å². The van der Waals surface area contributed by atoms with Crippen LogP contribution >= 0.6 is 0 Å². The summed E-state index contributed by atoms with van der Waals surface area (Å²) in [6, 6.07) is 9.76. The molecule has 0 saturated heterocycles. The summed E-state index contributed by atoms with van der Waals surface area (Å²) in [7, 11) is 0. The van der Waals surface area contributed by atoms with Gasteiger partial charge in [-0.05, 0) is 24.8 Å². The Kier molecular flexibility index (Phi) is 13.6. The van der Waals surface area contributed by atoms with E-state index in [1.807, 2.05) is 30.3 Å². The molecule has 1 N–H and O–H groups in total. The van der Waals surface area contributed by atoms with Crippen LogP contribution in [0.15, 0.2) is 30.3 Å². The van der Waals surface area contributed by atoms with Gasteiger partial charge in [-0.3, -0.25) is 14.4 Å². The molecule has 0 atom stereocenters. The predicted molar refractivity (Wildman–Crippen MR) is 105 cm³/mol. The third-order valence-corrected chi connectivity index (χ3v) is 3.75. The monoisotopic (exact) mass is 407 g/mol. The van der Waals surface area contributed by atoms with Gasteiger partial charge in [0.05, 0.1) is 19.8 Å². The van der Waals surface area contributed by atoms with Gasteiger partial charge in [0.15, 0.2) is 0 Å². The normalized spacial score (nSPS) is 10.2. The molecule has 1 aromatic rings. The van der Waals surface area contributed by atoms with Crippen LogP contribution in [0.2, 0.25) is 0 Å². The number of carbonyl (C=O) groups excluding carboxylic acids is 4. The Morgan fingerprint density at radius 2 is 1.55 bits per heavy atom.